The third-order valence-electron chi connectivity index (χ3n) is 4.82. The molecule has 2 aromatic carbocycles. The number of hydrogen-bond acceptors (Lipinski definition) is 6. The lowest BCUT2D eigenvalue weighted by Crippen LogP contribution is -2.41. The number of ether oxygens (including phenoxy) is 1. The number of thioether (sulfide) groups is 1. The Morgan fingerprint density at radius 1 is 1.16 bits per heavy atom. The van der Waals surface area contributed by atoms with Crippen molar-refractivity contribution in [1.82, 2.24) is 14.9 Å². The zero-order chi connectivity index (χ0) is 22.2. The van der Waals surface area contributed by atoms with Gasteiger partial charge in [0, 0.05) is 0 Å². The van der Waals surface area contributed by atoms with Crippen molar-refractivity contribution in [2.24, 2.45) is 0 Å². The van der Waals surface area contributed by atoms with Crippen molar-refractivity contribution in [2.75, 3.05) is 17.9 Å². The zero-order valence-electron chi connectivity index (χ0n) is 16.5. The first kappa shape index (κ1) is 21.0. The maximum absolute atomic E-state index is 13.4. The van der Waals surface area contributed by atoms with Crippen LogP contribution in [0, 0.1) is 6.92 Å². The van der Waals surface area contributed by atoms with E-state index in [0.717, 1.165) is 23.4 Å². The van der Waals surface area contributed by atoms with Crippen LogP contribution in [0.2, 0.25) is 0 Å². The number of nitrogens with one attached hydrogen (secondary N) is 2. The largest absolute Gasteiger partial charge is 0.497 e. The van der Waals surface area contributed by atoms with E-state index >= 15 is 0 Å². The molecule has 31 heavy (non-hydrogen) atoms. The standard InChI is InChI=1S/C20H18F3N5O2S/c1-11-25-26-19-28(11)27-16(12-7-9-13(30-2)10-8-12)17(31-19)18(29)24-15-6-4-3-5-14(15)20(21,22)23/h3-10,16-17,27H,1-2H3,(H,24,29). The predicted octanol–water partition coefficient (Wildman–Crippen LogP) is 4.01. The summed E-state index contributed by atoms with van der Waals surface area (Å²) in [4.78, 5) is 13.1. The van der Waals surface area contributed by atoms with Crippen LogP contribution < -0.4 is 15.5 Å². The number of fused-ring (bicyclic) bond motifs is 1. The van der Waals surface area contributed by atoms with Gasteiger partial charge in [-0.1, -0.05) is 36.0 Å². The highest BCUT2D eigenvalue weighted by Gasteiger charge is 2.39. The Bertz CT molecular complexity index is 1100. The van der Waals surface area contributed by atoms with Gasteiger partial charge in [-0.15, -0.1) is 10.2 Å². The number of halogens is 3. The number of rotatable bonds is 4. The summed E-state index contributed by atoms with van der Waals surface area (Å²) in [5.74, 6) is 0.665. The van der Waals surface area contributed by atoms with Gasteiger partial charge in [0.1, 0.15) is 16.8 Å². The lowest BCUT2D eigenvalue weighted by molar-refractivity contribution is -0.137. The average Bonchev–Trinajstić information content (AvgIpc) is 3.12. The molecule has 1 aliphatic rings. The SMILES string of the molecule is COc1ccc(C2Nn3c(C)nnc3SC2C(=O)Nc2ccccc2C(F)(F)F)cc1. The molecule has 11 heteroatoms. The van der Waals surface area contributed by atoms with Crippen LogP contribution in [0.3, 0.4) is 0 Å². The van der Waals surface area contributed by atoms with Gasteiger partial charge >= 0.3 is 6.18 Å². The minimum absolute atomic E-state index is 0.294. The number of benzene rings is 2. The van der Waals surface area contributed by atoms with Crippen LogP contribution in [0.25, 0.3) is 0 Å². The Labute approximate surface area is 180 Å². The van der Waals surface area contributed by atoms with Crippen LogP contribution >= 0.6 is 11.8 Å². The summed E-state index contributed by atoms with van der Waals surface area (Å²) in [5, 5.41) is 10.1. The molecule has 0 spiro atoms. The van der Waals surface area contributed by atoms with E-state index < -0.39 is 28.9 Å². The number of nitrogens with zero attached hydrogens (tertiary/aromatic N) is 3. The normalized spacial score (nSPS) is 18.1. The summed E-state index contributed by atoms with van der Waals surface area (Å²) < 4.78 is 46.9. The summed E-state index contributed by atoms with van der Waals surface area (Å²) in [7, 11) is 1.55. The van der Waals surface area contributed by atoms with E-state index in [1.807, 2.05) is 0 Å². The fraction of sp³-hybridized carbons (Fsp3) is 0.250. The molecule has 0 radical (unpaired) electrons. The van der Waals surface area contributed by atoms with Gasteiger partial charge in [-0.25, -0.2) is 4.68 Å². The highest BCUT2D eigenvalue weighted by Crippen LogP contribution is 2.39. The van der Waals surface area contributed by atoms with Gasteiger partial charge in [-0.2, -0.15) is 13.2 Å². The molecular formula is C20H18F3N5O2S. The third kappa shape index (κ3) is 4.18. The van der Waals surface area contributed by atoms with E-state index in [4.69, 9.17) is 4.74 Å². The van der Waals surface area contributed by atoms with Gasteiger partial charge in [-0.3, -0.25) is 4.79 Å². The Hall–Kier alpha value is -3.21. The number of alkyl halides is 3. The van der Waals surface area contributed by atoms with Crippen molar-refractivity contribution in [3.05, 3.63) is 65.5 Å². The number of carbonyl (C=O) groups excluding carboxylic acids is 1. The maximum Gasteiger partial charge on any atom is 0.418 e. The quantitative estimate of drug-likeness (QED) is 0.627. The topological polar surface area (TPSA) is 81.1 Å². The number of amides is 1. The maximum atomic E-state index is 13.4. The summed E-state index contributed by atoms with van der Waals surface area (Å²) in [6.07, 6.45) is -4.59. The second-order valence-corrected chi connectivity index (χ2v) is 7.92. The molecule has 0 saturated carbocycles. The Balaban J connectivity index is 1.68. The second-order valence-electron chi connectivity index (χ2n) is 6.82. The molecule has 0 fully saturated rings. The van der Waals surface area contributed by atoms with Crippen LogP contribution in [0.1, 0.15) is 23.0 Å². The van der Waals surface area contributed by atoms with E-state index in [-0.39, 0.29) is 5.69 Å². The minimum atomic E-state index is -4.59. The molecule has 1 aliphatic heterocycles. The first-order valence-corrected chi connectivity index (χ1v) is 10.1. The molecule has 1 amide bonds. The second kappa shape index (κ2) is 8.14. The van der Waals surface area contributed by atoms with Gasteiger partial charge in [0.2, 0.25) is 11.1 Å². The van der Waals surface area contributed by atoms with Crippen LogP contribution in [-0.4, -0.2) is 33.1 Å². The fourth-order valence-electron chi connectivity index (χ4n) is 3.26. The van der Waals surface area contributed by atoms with Crippen molar-refractivity contribution in [1.29, 1.82) is 0 Å². The van der Waals surface area contributed by atoms with Gasteiger partial charge < -0.3 is 15.5 Å². The number of methoxy groups -OCH3 is 1. The third-order valence-corrected chi connectivity index (χ3v) is 6.04. The van der Waals surface area contributed by atoms with E-state index in [2.05, 4.69) is 20.9 Å². The van der Waals surface area contributed by atoms with Crippen molar-refractivity contribution in [2.45, 2.75) is 29.5 Å². The molecule has 3 aromatic rings. The first-order chi connectivity index (χ1) is 14.8. The highest BCUT2D eigenvalue weighted by atomic mass is 32.2. The van der Waals surface area contributed by atoms with Crippen LogP contribution in [0.15, 0.2) is 53.7 Å². The van der Waals surface area contributed by atoms with Gasteiger partial charge in [0.05, 0.1) is 24.4 Å². The van der Waals surface area contributed by atoms with E-state index in [1.165, 1.54) is 18.2 Å². The molecule has 2 heterocycles. The molecular weight excluding hydrogens is 431 g/mol. The average molecular weight is 449 g/mol. The van der Waals surface area contributed by atoms with E-state index in [9.17, 15) is 18.0 Å². The summed E-state index contributed by atoms with van der Waals surface area (Å²) in [6.45, 7) is 1.76. The summed E-state index contributed by atoms with van der Waals surface area (Å²) in [6, 6.07) is 11.4. The molecule has 4 rings (SSSR count). The number of anilines is 1. The molecule has 162 valence electrons. The van der Waals surface area contributed by atoms with Crippen molar-refractivity contribution in [3.8, 4) is 5.75 Å². The van der Waals surface area contributed by atoms with E-state index in [0.29, 0.717) is 16.7 Å². The smallest absolute Gasteiger partial charge is 0.418 e. The van der Waals surface area contributed by atoms with Crippen molar-refractivity contribution < 1.29 is 22.7 Å². The molecule has 0 bridgehead atoms. The molecule has 2 unspecified atom stereocenters. The predicted molar refractivity (Wildman–Crippen MR) is 110 cm³/mol. The number of para-hydroxylation sites is 1. The molecule has 2 N–H and O–H groups in total. The Morgan fingerprint density at radius 2 is 1.87 bits per heavy atom. The van der Waals surface area contributed by atoms with Crippen LogP contribution in [-0.2, 0) is 11.0 Å². The lowest BCUT2D eigenvalue weighted by Gasteiger charge is -2.33. The van der Waals surface area contributed by atoms with E-state index in [1.54, 1.807) is 43.0 Å². The molecule has 7 nitrogen and oxygen atoms in total. The Kier molecular flexibility index (Phi) is 5.52. The van der Waals surface area contributed by atoms with Gasteiger partial charge in [-0.05, 0) is 36.8 Å². The number of aromatic nitrogens is 3. The van der Waals surface area contributed by atoms with Crippen molar-refractivity contribution in [3.63, 3.8) is 0 Å². The lowest BCUT2D eigenvalue weighted by atomic mass is 10.0. The number of carbonyl (C=O) groups is 1. The first-order valence-electron chi connectivity index (χ1n) is 9.24. The van der Waals surface area contributed by atoms with Gasteiger partial charge in [0.25, 0.3) is 0 Å². The molecule has 0 aliphatic carbocycles. The Morgan fingerprint density at radius 3 is 2.55 bits per heavy atom. The van der Waals surface area contributed by atoms with Crippen molar-refractivity contribution >= 4 is 23.4 Å². The number of aryl methyl sites for hydroxylation is 1. The monoisotopic (exact) mass is 449 g/mol. The summed E-state index contributed by atoms with van der Waals surface area (Å²) in [5.41, 5.74) is 2.77. The highest BCUT2D eigenvalue weighted by molar-refractivity contribution is 8.00. The van der Waals surface area contributed by atoms with Crippen LogP contribution in [0.5, 0.6) is 5.75 Å². The zero-order valence-corrected chi connectivity index (χ0v) is 17.3. The molecule has 2 atom stereocenters. The number of hydrogen-bond donors (Lipinski definition) is 2. The van der Waals surface area contributed by atoms with Crippen LogP contribution in [0.4, 0.5) is 18.9 Å². The fourth-order valence-corrected chi connectivity index (χ4v) is 4.39. The molecule has 0 saturated heterocycles. The summed E-state index contributed by atoms with van der Waals surface area (Å²) >= 11 is 1.13. The molecule has 1 aromatic heterocycles. The van der Waals surface area contributed by atoms with Gasteiger partial charge in [0.15, 0.2) is 0 Å². The minimum Gasteiger partial charge on any atom is -0.497 e.